The SMILES string of the molecule is COc1ccc(C(C)N=S(=O)(c2ccc(Cl)cc2)c2ccc(C#N)cc2)cc1. The van der Waals surface area contributed by atoms with Gasteiger partial charge in [0, 0.05) is 5.02 Å². The van der Waals surface area contributed by atoms with Crippen LogP contribution in [0.5, 0.6) is 5.75 Å². The second kappa shape index (κ2) is 8.47. The Kier molecular flexibility index (Phi) is 6.03. The summed E-state index contributed by atoms with van der Waals surface area (Å²) >= 11 is 6.01. The Balaban J connectivity index is 2.13. The molecule has 0 saturated carbocycles. The number of ether oxygens (including phenoxy) is 1. The lowest BCUT2D eigenvalue weighted by Crippen LogP contribution is -2.05. The fourth-order valence-electron chi connectivity index (χ4n) is 2.76. The first-order valence-corrected chi connectivity index (χ1v) is 10.5. The molecule has 0 amide bonds. The molecule has 0 N–H and O–H groups in total. The molecule has 0 heterocycles. The lowest BCUT2D eigenvalue weighted by molar-refractivity contribution is 0.414. The molecule has 0 radical (unpaired) electrons. The summed E-state index contributed by atoms with van der Waals surface area (Å²) < 4.78 is 24.0. The highest BCUT2D eigenvalue weighted by Crippen LogP contribution is 2.30. The maximum absolute atomic E-state index is 14.1. The fraction of sp³-hybridized carbons (Fsp3) is 0.136. The van der Waals surface area contributed by atoms with E-state index in [1.165, 1.54) is 0 Å². The Hall–Kier alpha value is -2.81. The Morgan fingerprint density at radius 3 is 2.00 bits per heavy atom. The van der Waals surface area contributed by atoms with Crippen molar-refractivity contribution in [2.75, 3.05) is 7.11 Å². The van der Waals surface area contributed by atoms with E-state index in [1.807, 2.05) is 31.2 Å². The molecule has 0 aliphatic heterocycles. The maximum Gasteiger partial charge on any atom is 0.118 e. The van der Waals surface area contributed by atoms with Gasteiger partial charge in [-0.3, -0.25) is 0 Å². The van der Waals surface area contributed by atoms with Crippen LogP contribution in [0.3, 0.4) is 0 Å². The minimum atomic E-state index is -2.93. The number of nitrogens with zero attached hydrogens (tertiary/aromatic N) is 2. The van der Waals surface area contributed by atoms with E-state index in [-0.39, 0.29) is 6.04 Å². The average Bonchev–Trinajstić information content (AvgIpc) is 2.74. The molecule has 3 aromatic carbocycles. The Morgan fingerprint density at radius 1 is 0.964 bits per heavy atom. The Labute approximate surface area is 170 Å². The van der Waals surface area contributed by atoms with Gasteiger partial charge in [0.1, 0.15) is 15.5 Å². The molecule has 0 aliphatic carbocycles. The average molecular weight is 411 g/mol. The number of rotatable bonds is 5. The second-order valence-electron chi connectivity index (χ2n) is 6.17. The van der Waals surface area contributed by atoms with Gasteiger partial charge in [0.25, 0.3) is 0 Å². The molecule has 3 aromatic rings. The minimum absolute atomic E-state index is 0.315. The third kappa shape index (κ3) is 4.19. The summed E-state index contributed by atoms with van der Waals surface area (Å²) in [5.74, 6) is 0.751. The van der Waals surface area contributed by atoms with Gasteiger partial charge in [0.15, 0.2) is 0 Å². The summed E-state index contributed by atoms with van der Waals surface area (Å²) in [6.07, 6.45) is 0. The van der Waals surface area contributed by atoms with Gasteiger partial charge in [-0.15, -0.1) is 0 Å². The maximum atomic E-state index is 14.1. The third-order valence-corrected chi connectivity index (χ3v) is 7.03. The van der Waals surface area contributed by atoms with Crippen LogP contribution in [-0.4, -0.2) is 11.3 Å². The second-order valence-corrected chi connectivity index (χ2v) is 8.81. The van der Waals surface area contributed by atoms with Crippen LogP contribution in [0, 0.1) is 11.3 Å². The predicted molar refractivity (Wildman–Crippen MR) is 111 cm³/mol. The van der Waals surface area contributed by atoms with E-state index >= 15 is 0 Å². The van der Waals surface area contributed by atoms with Crippen LogP contribution < -0.4 is 4.74 Å². The monoisotopic (exact) mass is 410 g/mol. The first-order valence-electron chi connectivity index (χ1n) is 8.62. The summed E-state index contributed by atoms with van der Waals surface area (Å²) in [5.41, 5.74) is 1.43. The van der Waals surface area contributed by atoms with Crippen LogP contribution in [0.25, 0.3) is 0 Å². The van der Waals surface area contributed by atoms with Gasteiger partial charge in [-0.05, 0) is 73.2 Å². The molecule has 142 valence electrons. The molecule has 4 nitrogen and oxygen atoms in total. The van der Waals surface area contributed by atoms with Gasteiger partial charge in [-0.25, -0.2) is 8.57 Å². The van der Waals surface area contributed by atoms with Gasteiger partial charge >= 0.3 is 0 Å². The number of hydrogen-bond acceptors (Lipinski definition) is 4. The molecule has 0 fully saturated rings. The minimum Gasteiger partial charge on any atom is -0.497 e. The summed E-state index contributed by atoms with van der Waals surface area (Å²) in [4.78, 5) is 1.12. The van der Waals surface area contributed by atoms with Gasteiger partial charge < -0.3 is 4.74 Å². The molecule has 3 rings (SSSR count). The molecule has 0 spiro atoms. The van der Waals surface area contributed by atoms with Crippen molar-refractivity contribution >= 4 is 21.3 Å². The summed E-state index contributed by atoms with van der Waals surface area (Å²) in [6.45, 7) is 1.90. The Bertz CT molecular complexity index is 1110. The van der Waals surface area contributed by atoms with E-state index in [2.05, 4.69) is 6.07 Å². The normalized spacial score (nSPS) is 13.8. The standard InChI is InChI=1S/C22H19ClN2O2S/c1-16(18-5-9-20(27-2)10-6-18)25-28(26,22-13-7-19(23)8-14-22)21-11-3-17(15-24)4-12-21/h3-14,16H,1-2H3. The lowest BCUT2D eigenvalue weighted by Gasteiger charge is -2.15. The topological polar surface area (TPSA) is 62.4 Å². The highest BCUT2D eigenvalue weighted by Gasteiger charge is 2.18. The van der Waals surface area contributed by atoms with E-state index in [1.54, 1.807) is 55.6 Å². The number of benzene rings is 3. The van der Waals surface area contributed by atoms with Gasteiger partial charge in [0.05, 0.1) is 34.6 Å². The van der Waals surface area contributed by atoms with Crippen molar-refractivity contribution in [1.29, 1.82) is 5.26 Å². The molecule has 28 heavy (non-hydrogen) atoms. The summed E-state index contributed by atoms with van der Waals surface area (Å²) in [5, 5.41) is 9.61. The highest BCUT2D eigenvalue weighted by atomic mass is 35.5. The zero-order chi connectivity index (χ0) is 20.1. The lowest BCUT2D eigenvalue weighted by atomic mass is 10.1. The number of methoxy groups -OCH3 is 1. The molecule has 0 aliphatic rings. The largest absolute Gasteiger partial charge is 0.497 e. The highest BCUT2D eigenvalue weighted by molar-refractivity contribution is 7.93. The van der Waals surface area contributed by atoms with Crippen molar-refractivity contribution in [3.05, 3.63) is 88.9 Å². The van der Waals surface area contributed by atoms with Crippen molar-refractivity contribution < 1.29 is 8.95 Å². The van der Waals surface area contributed by atoms with E-state index in [4.69, 9.17) is 26.0 Å². The van der Waals surface area contributed by atoms with Gasteiger partial charge in [0.2, 0.25) is 0 Å². The molecule has 6 heteroatoms. The molecule has 0 bridgehead atoms. The van der Waals surface area contributed by atoms with Crippen LogP contribution in [0.2, 0.25) is 5.02 Å². The van der Waals surface area contributed by atoms with Crippen LogP contribution in [0.15, 0.2) is 87.0 Å². The third-order valence-electron chi connectivity index (χ3n) is 4.34. The van der Waals surface area contributed by atoms with E-state index < -0.39 is 9.73 Å². The number of halogens is 1. The zero-order valence-corrected chi connectivity index (χ0v) is 17.1. The quantitative estimate of drug-likeness (QED) is 0.528. The molecule has 0 saturated heterocycles. The summed E-state index contributed by atoms with van der Waals surface area (Å²) in [6, 6.07) is 22.8. The van der Waals surface area contributed by atoms with Crippen molar-refractivity contribution in [2.45, 2.75) is 22.8 Å². The number of nitriles is 1. The van der Waals surface area contributed by atoms with Crippen molar-refractivity contribution in [1.82, 2.24) is 0 Å². The molecular formula is C22H19ClN2O2S. The van der Waals surface area contributed by atoms with E-state index in [0.29, 0.717) is 20.4 Å². The van der Waals surface area contributed by atoms with Crippen LogP contribution >= 0.6 is 11.6 Å². The van der Waals surface area contributed by atoms with Crippen molar-refractivity contribution in [2.24, 2.45) is 4.36 Å². The number of hydrogen-bond donors (Lipinski definition) is 0. The smallest absolute Gasteiger partial charge is 0.118 e. The fourth-order valence-corrected chi connectivity index (χ4v) is 4.98. The Morgan fingerprint density at radius 2 is 1.50 bits per heavy atom. The van der Waals surface area contributed by atoms with Crippen LogP contribution in [-0.2, 0) is 9.73 Å². The molecular weight excluding hydrogens is 392 g/mol. The van der Waals surface area contributed by atoms with Crippen molar-refractivity contribution in [3.8, 4) is 11.8 Å². The van der Waals surface area contributed by atoms with E-state index in [9.17, 15) is 4.21 Å². The predicted octanol–water partition coefficient (Wildman–Crippen LogP) is 5.87. The zero-order valence-electron chi connectivity index (χ0n) is 15.5. The van der Waals surface area contributed by atoms with Gasteiger partial charge in [-0.2, -0.15) is 5.26 Å². The van der Waals surface area contributed by atoms with Crippen LogP contribution in [0.1, 0.15) is 24.1 Å². The first-order chi connectivity index (χ1) is 13.5. The molecule has 0 aromatic heterocycles. The van der Waals surface area contributed by atoms with E-state index in [0.717, 1.165) is 11.3 Å². The van der Waals surface area contributed by atoms with Crippen LogP contribution in [0.4, 0.5) is 0 Å². The molecule has 2 atom stereocenters. The summed E-state index contributed by atoms with van der Waals surface area (Å²) in [7, 11) is -1.31. The van der Waals surface area contributed by atoms with Crippen molar-refractivity contribution in [3.63, 3.8) is 0 Å². The first kappa shape index (κ1) is 19.9. The van der Waals surface area contributed by atoms with Gasteiger partial charge in [-0.1, -0.05) is 23.7 Å². The molecule has 2 unspecified atom stereocenters.